The first-order valence-electron chi connectivity index (χ1n) is 15.9. The topological polar surface area (TPSA) is 105 Å². The van der Waals surface area contributed by atoms with E-state index in [0.29, 0.717) is 38.5 Å². The van der Waals surface area contributed by atoms with Crippen molar-refractivity contribution in [3.05, 3.63) is 0 Å². The summed E-state index contributed by atoms with van der Waals surface area (Å²) in [5, 5.41) is 0. The van der Waals surface area contributed by atoms with Crippen LogP contribution in [-0.4, -0.2) is 47.8 Å². The molecule has 0 saturated heterocycles. The van der Waals surface area contributed by atoms with Gasteiger partial charge in [0, 0.05) is 6.92 Å². The predicted molar refractivity (Wildman–Crippen MR) is 157 cm³/mol. The molecular formula is C32H58O8. The largest absolute Gasteiger partial charge is 0.462 e. The van der Waals surface area contributed by atoms with Crippen molar-refractivity contribution < 1.29 is 38.1 Å². The molecule has 0 radical (unpaired) electrons. The fourth-order valence-corrected chi connectivity index (χ4v) is 4.68. The number of carbonyl (C=O) groups excluding carboxylic acids is 4. The van der Waals surface area contributed by atoms with E-state index >= 15 is 0 Å². The van der Waals surface area contributed by atoms with Crippen LogP contribution in [0.5, 0.6) is 0 Å². The second-order valence-corrected chi connectivity index (χ2v) is 10.9. The van der Waals surface area contributed by atoms with Crippen molar-refractivity contribution in [2.24, 2.45) is 0 Å². The summed E-state index contributed by atoms with van der Waals surface area (Å²) in [4.78, 5) is 52.3. The van der Waals surface area contributed by atoms with Crippen LogP contribution in [0, 0.1) is 0 Å². The quantitative estimate of drug-likeness (QED) is 0.0658. The van der Waals surface area contributed by atoms with E-state index in [1.54, 1.807) is 0 Å². The lowest BCUT2D eigenvalue weighted by atomic mass is 9.94. The average molecular weight is 571 g/mol. The molecule has 40 heavy (non-hydrogen) atoms. The van der Waals surface area contributed by atoms with Gasteiger partial charge in [-0.25, -0.2) is 4.79 Å². The van der Waals surface area contributed by atoms with Crippen LogP contribution in [0.15, 0.2) is 0 Å². The first kappa shape index (κ1) is 37.9. The molecular weight excluding hydrogens is 512 g/mol. The normalized spacial score (nSPS) is 14.9. The molecule has 0 aliphatic rings. The highest BCUT2D eigenvalue weighted by Gasteiger charge is 2.49. The van der Waals surface area contributed by atoms with Gasteiger partial charge in [-0.15, -0.1) is 0 Å². The van der Waals surface area contributed by atoms with E-state index in [9.17, 15) is 19.2 Å². The Balaban J connectivity index is 6.01. The Hall–Kier alpha value is -2.12. The smallest absolute Gasteiger partial charge is 0.352 e. The Labute approximate surface area is 243 Å². The van der Waals surface area contributed by atoms with E-state index in [2.05, 4.69) is 20.8 Å². The fourth-order valence-electron chi connectivity index (χ4n) is 4.68. The van der Waals surface area contributed by atoms with Gasteiger partial charge in [0.15, 0.2) is 0 Å². The first-order valence-corrected chi connectivity index (χ1v) is 15.9. The number of hydrogen-bond donors (Lipinski definition) is 0. The molecule has 0 amide bonds. The Bertz CT molecular complexity index is 686. The minimum atomic E-state index is -2.15. The fraction of sp³-hybridized carbons (Fsp3) is 0.875. The summed E-state index contributed by atoms with van der Waals surface area (Å²) in [6.45, 7) is 13.2. The maximum absolute atomic E-state index is 13.7. The second kappa shape index (κ2) is 22.6. The molecule has 0 aromatic heterocycles. The van der Waals surface area contributed by atoms with Gasteiger partial charge < -0.3 is 18.9 Å². The molecule has 0 rings (SSSR count). The van der Waals surface area contributed by atoms with Crippen molar-refractivity contribution in [1.29, 1.82) is 0 Å². The lowest BCUT2D eigenvalue weighted by molar-refractivity contribution is -0.195. The van der Waals surface area contributed by atoms with Crippen molar-refractivity contribution in [2.75, 3.05) is 0 Å². The maximum atomic E-state index is 13.7. The predicted octanol–water partition coefficient (Wildman–Crippen LogP) is 7.77. The monoisotopic (exact) mass is 570 g/mol. The lowest BCUT2D eigenvalue weighted by Crippen LogP contribution is -2.49. The van der Waals surface area contributed by atoms with E-state index < -0.39 is 48.4 Å². The van der Waals surface area contributed by atoms with Gasteiger partial charge in [-0.3, -0.25) is 14.4 Å². The zero-order valence-electron chi connectivity index (χ0n) is 26.5. The lowest BCUT2D eigenvalue weighted by Gasteiger charge is -2.32. The summed E-state index contributed by atoms with van der Waals surface area (Å²) < 4.78 is 22.7. The number of ether oxygens (including phenoxy) is 4. The Kier molecular flexibility index (Phi) is 21.4. The van der Waals surface area contributed by atoms with Crippen LogP contribution in [0.1, 0.15) is 158 Å². The van der Waals surface area contributed by atoms with E-state index in [1.165, 1.54) is 0 Å². The van der Waals surface area contributed by atoms with Crippen molar-refractivity contribution in [1.82, 2.24) is 0 Å². The minimum Gasteiger partial charge on any atom is -0.462 e. The van der Waals surface area contributed by atoms with Gasteiger partial charge in [-0.2, -0.15) is 0 Å². The first-order chi connectivity index (χ1) is 19.1. The van der Waals surface area contributed by atoms with Gasteiger partial charge in [-0.05, 0) is 57.8 Å². The van der Waals surface area contributed by atoms with Gasteiger partial charge in [-0.1, -0.05) is 80.1 Å². The maximum Gasteiger partial charge on any atom is 0.352 e. The average Bonchev–Trinajstić information content (AvgIpc) is 2.90. The van der Waals surface area contributed by atoms with Crippen molar-refractivity contribution >= 4 is 23.9 Å². The van der Waals surface area contributed by atoms with Crippen molar-refractivity contribution in [2.45, 2.75) is 182 Å². The zero-order chi connectivity index (χ0) is 30.4. The molecule has 3 unspecified atom stereocenters. The highest BCUT2D eigenvalue weighted by Crippen LogP contribution is 2.29. The van der Waals surface area contributed by atoms with Crippen LogP contribution in [0.2, 0.25) is 0 Å². The van der Waals surface area contributed by atoms with Gasteiger partial charge in [0.1, 0.15) is 18.3 Å². The number of unbranched alkanes of at least 4 members (excludes halogenated alkanes) is 6. The Morgan fingerprint density at radius 1 is 0.550 bits per heavy atom. The number of esters is 4. The zero-order valence-corrected chi connectivity index (χ0v) is 26.5. The molecule has 8 nitrogen and oxygen atoms in total. The molecule has 0 fully saturated rings. The van der Waals surface area contributed by atoms with E-state index in [1.807, 2.05) is 20.8 Å². The molecule has 0 spiro atoms. The third-order valence-corrected chi connectivity index (χ3v) is 7.20. The van der Waals surface area contributed by atoms with Crippen LogP contribution >= 0.6 is 0 Å². The molecule has 0 aliphatic heterocycles. The molecule has 0 aliphatic carbocycles. The third kappa shape index (κ3) is 16.2. The molecule has 0 N–H and O–H groups in total. The van der Waals surface area contributed by atoms with Gasteiger partial charge >= 0.3 is 23.9 Å². The van der Waals surface area contributed by atoms with Gasteiger partial charge in [0.05, 0.1) is 12.8 Å². The van der Waals surface area contributed by atoms with Crippen LogP contribution in [-0.2, 0) is 38.1 Å². The molecule has 3 atom stereocenters. The van der Waals surface area contributed by atoms with Crippen LogP contribution in [0.25, 0.3) is 0 Å². The molecule has 0 aromatic carbocycles. The number of carbonyl (C=O) groups is 4. The summed E-state index contributed by atoms with van der Waals surface area (Å²) in [7, 11) is 0. The van der Waals surface area contributed by atoms with Crippen LogP contribution < -0.4 is 0 Å². The summed E-state index contributed by atoms with van der Waals surface area (Å²) in [6, 6.07) is 0. The summed E-state index contributed by atoms with van der Waals surface area (Å²) in [5.41, 5.74) is -2.15. The standard InChI is InChI=1S/C32H58O8/c1-8-14-17-20-26(11-4)37-29(34)23-32(40-25(7)33,31(36)39-28(13-6)22-19-16-10-3)24-30(35)38-27(12-5)21-18-15-9-2/h26-28H,8-24H2,1-7H3. The number of hydrogen-bond acceptors (Lipinski definition) is 8. The molecule has 8 heteroatoms. The Morgan fingerprint density at radius 2 is 0.900 bits per heavy atom. The summed E-state index contributed by atoms with van der Waals surface area (Å²) >= 11 is 0. The SMILES string of the molecule is CCCCCC(CC)OC(=O)CC(CC(=O)OC(CC)CCCCC)(OC(C)=O)C(=O)OC(CC)CCCCC. The van der Waals surface area contributed by atoms with Crippen molar-refractivity contribution in [3.63, 3.8) is 0 Å². The summed E-state index contributed by atoms with van der Waals surface area (Å²) in [5.74, 6) is -3.11. The van der Waals surface area contributed by atoms with E-state index in [-0.39, 0.29) is 12.2 Å². The van der Waals surface area contributed by atoms with Crippen LogP contribution in [0.3, 0.4) is 0 Å². The van der Waals surface area contributed by atoms with Crippen molar-refractivity contribution in [3.8, 4) is 0 Å². The Morgan fingerprint density at radius 3 is 1.20 bits per heavy atom. The molecule has 0 heterocycles. The molecule has 234 valence electrons. The van der Waals surface area contributed by atoms with Crippen LogP contribution in [0.4, 0.5) is 0 Å². The molecule has 0 saturated carbocycles. The van der Waals surface area contributed by atoms with E-state index in [0.717, 1.165) is 64.7 Å². The van der Waals surface area contributed by atoms with E-state index in [4.69, 9.17) is 18.9 Å². The number of rotatable bonds is 24. The third-order valence-electron chi connectivity index (χ3n) is 7.20. The summed E-state index contributed by atoms with van der Waals surface area (Å²) in [6.07, 6.45) is 10.4. The van der Waals surface area contributed by atoms with Gasteiger partial charge in [0.2, 0.25) is 5.60 Å². The van der Waals surface area contributed by atoms with Gasteiger partial charge in [0.25, 0.3) is 0 Å². The highest BCUT2D eigenvalue weighted by molar-refractivity contribution is 5.92. The second-order valence-electron chi connectivity index (χ2n) is 10.9. The highest BCUT2D eigenvalue weighted by atomic mass is 16.6. The molecule has 0 bridgehead atoms. The minimum absolute atomic E-state index is 0.322. The molecule has 0 aromatic rings.